The summed E-state index contributed by atoms with van der Waals surface area (Å²) in [6.45, 7) is 5.23. The molecule has 0 saturated heterocycles. The Hall–Kier alpha value is -2.55. The molecule has 2 aromatic rings. The first-order chi connectivity index (χ1) is 11.6. The lowest BCUT2D eigenvalue weighted by Crippen LogP contribution is -2.42. The predicted molar refractivity (Wildman–Crippen MR) is 96.9 cm³/mol. The Balaban J connectivity index is 1.60. The van der Waals surface area contributed by atoms with E-state index in [9.17, 15) is 4.79 Å². The number of rotatable bonds is 4. The minimum Gasteiger partial charge on any atom is -0.481 e. The second-order valence-corrected chi connectivity index (χ2v) is 6.20. The summed E-state index contributed by atoms with van der Waals surface area (Å²) in [6, 6.07) is 18.1. The van der Waals surface area contributed by atoms with Gasteiger partial charge >= 0.3 is 0 Å². The van der Waals surface area contributed by atoms with Gasteiger partial charge in [-0.25, -0.2) is 0 Å². The van der Waals surface area contributed by atoms with Gasteiger partial charge in [0.15, 0.2) is 6.10 Å². The second-order valence-electron chi connectivity index (χ2n) is 6.20. The molecule has 3 rings (SSSR count). The van der Waals surface area contributed by atoms with Crippen molar-refractivity contribution in [2.45, 2.75) is 26.4 Å². The van der Waals surface area contributed by atoms with Crippen molar-refractivity contribution < 1.29 is 9.53 Å². The maximum atomic E-state index is 12.6. The Morgan fingerprint density at radius 2 is 1.79 bits per heavy atom. The van der Waals surface area contributed by atoms with Crippen LogP contribution < -0.4 is 4.74 Å². The third-order valence-corrected chi connectivity index (χ3v) is 4.35. The number of carbonyl (C=O) groups excluding carboxylic acids is 1. The average Bonchev–Trinajstić information content (AvgIpc) is 2.64. The molecule has 124 valence electrons. The van der Waals surface area contributed by atoms with E-state index in [-0.39, 0.29) is 5.91 Å². The van der Waals surface area contributed by atoms with E-state index in [0.717, 1.165) is 18.7 Å². The smallest absolute Gasteiger partial charge is 0.263 e. The molecule has 1 aliphatic rings. The van der Waals surface area contributed by atoms with Gasteiger partial charge in [-0.3, -0.25) is 4.79 Å². The molecule has 1 heterocycles. The summed E-state index contributed by atoms with van der Waals surface area (Å²) in [5.74, 6) is 0.776. The number of aryl methyl sites for hydroxylation is 1. The van der Waals surface area contributed by atoms with Crippen molar-refractivity contribution in [1.82, 2.24) is 4.90 Å². The Morgan fingerprint density at radius 3 is 2.42 bits per heavy atom. The molecule has 0 spiro atoms. The molecule has 3 nitrogen and oxygen atoms in total. The van der Waals surface area contributed by atoms with Crippen molar-refractivity contribution in [3.05, 3.63) is 71.8 Å². The number of benzene rings is 2. The van der Waals surface area contributed by atoms with Gasteiger partial charge in [0.2, 0.25) is 0 Å². The minimum atomic E-state index is -0.473. The molecular formula is C21H23NO2. The minimum absolute atomic E-state index is 0.0407. The monoisotopic (exact) mass is 321 g/mol. The van der Waals surface area contributed by atoms with Gasteiger partial charge < -0.3 is 9.64 Å². The van der Waals surface area contributed by atoms with Crippen LogP contribution in [-0.4, -0.2) is 30.0 Å². The molecule has 0 fully saturated rings. The zero-order chi connectivity index (χ0) is 16.9. The van der Waals surface area contributed by atoms with Gasteiger partial charge in [-0.15, -0.1) is 0 Å². The van der Waals surface area contributed by atoms with Crippen molar-refractivity contribution in [1.29, 1.82) is 0 Å². The van der Waals surface area contributed by atoms with Crippen molar-refractivity contribution in [2.75, 3.05) is 13.1 Å². The van der Waals surface area contributed by atoms with Crippen LogP contribution in [0, 0.1) is 6.92 Å². The largest absolute Gasteiger partial charge is 0.481 e. The Kier molecular flexibility index (Phi) is 4.99. The van der Waals surface area contributed by atoms with Crippen molar-refractivity contribution in [2.24, 2.45) is 0 Å². The Labute approximate surface area is 143 Å². The van der Waals surface area contributed by atoms with Crippen LogP contribution in [0.3, 0.4) is 0 Å². The summed E-state index contributed by atoms with van der Waals surface area (Å²) in [4.78, 5) is 14.5. The molecule has 1 aliphatic heterocycles. The highest BCUT2D eigenvalue weighted by atomic mass is 16.5. The van der Waals surface area contributed by atoms with Crippen LogP contribution in [0.1, 0.15) is 24.5 Å². The molecule has 0 radical (unpaired) electrons. The molecule has 0 aliphatic carbocycles. The van der Waals surface area contributed by atoms with Crippen LogP contribution in [0.4, 0.5) is 0 Å². The summed E-state index contributed by atoms with van der Waals surface area (Å²) in [7, 11) is 0. The van der Waals surface area contributed by atoms with E-state index in [1.54, 1.807) is 0 Å². The highest BCUT2D eigenvalue weighted by Crippen LogP contribution is 2.23. The van der Waals surface area contributed by atoms with Crippen LogP contribution in [0.2, 0.25) is 0 Å². The van der Waals surface area contributed by atoms with Crippen molar-refractivity contribution in [3.8, 4) is 5.75 Å². The van der Waals surface area contributed by atoms with Gasteiger partial charge in [0.05, 0.1) is 0 Å². The number of nitrogens with zero attached hydrogens (tertiary/aromatic N) is 1. The van der Waals surface area contributed by atoms with Gasteiger partial charge in [0, 0.05) is 13.1 Å². The first-order valence-corrected chi connectivity index (χ1v) is 8.40. The lowest BCUT2D eigenvalue weighted by Gasteiger charge is -2.29. The van der Waals surface area contributed by atoms with Gasteiger partial charge in [0.25, 0.3) is 5.91 Å². The molecule has 0 N–H and O–H groups in total. The third kappa shape index (κ3) is 3.85. The predicted octanol–water partition coefficient (Wildman–Crippen LogP) is 4.08. The van der Waals surface area contributed by atoms with E-state index >= 15 is 0 Å². The quantitative estimate of drug-likeness (QED) is 0.849. The lowest BCUT2D eigenvalue weighted by molar-refractivity contribution is -0.137. The molecule has 1 atom stereocenters. The topological polar surface area (TPSA) is 29.5 Å². The van der Waals surface area contributed by atoms with E-state index in [2.05, 4.69) is 18.2 Å². The second kappa shape index (κ2) is 7.35. The number of carbonyl (C=O) groups is 1. The maximum absolute atomic E-state index is 12.6. The molecule has 1 amide bonds. The zero-order valence-corrected chi connectivity index (χ0v) is 14.2. The maximum Gasteiger partial charge on any atom is 0.263 e. The molecule has 0 aromatic heterocycles. The summed E-state index contributed by atoms with van der Waals surface area (Å²) in [6.07, 6.45) is 2.56. The average molecular weight is 321 g/mol. The number of hydrogen-bond donors (Lipinski definition) is 0. The standard InChI is InChI=1S/C21H23NO2/c1-16-8-10-20(11-9-16)24-17(2)21(23)22-14-12-19(13-15-22)18-6-4-3-5-7-18/h3-12,17H,13-15H2,1-2H3. The SMILES string of the molecule is Cc1ccc(OC(C)C(=O)N2CC=C(c3ccccc3)CC2)cc1. The first kappa shape index (κ1) is 16.3. The fourth-order valence-electron chi connectivity index (χ4n) is 2.91. The molecular weight excluding hydrogens is 298 g/mol. The van der Waals surface area contributed by atoms with Gasteiger partial charge in [-0.1, -0.05) is 54.1 Å². The lowest BCUT2D eigenvalue weighted by atomic mass is 9.99. The van der Waals surface area contributed by atoms with E-state index in [1.807, 2.05) is 61.2 Å². The summed E-state index contributed by atoms with van der Waals surface area (Å²) in [5.41, 5.74) is 3.73. The number of ether oxygens (including phenoxy) is 1. The van der Waals surface area contributed by atoms with Gasteiger partial charge in [0.1, 0.15) is 5.75 Å². The van der Waals surface area contributed by atoms with Crippen molar-refractivity contribution in [3.63, 3.8) is 0 Å². The van der Waals surface area contributed by atoms with E-state index in [4.69, 9.17) is 4.74 Å². The van der Waals surface area contributed by atoms with Gasteiger partial charge in [-0.2, -0.15) is 0 Å². The summed E-state index contributed by atoms with van der Waals surface area (Å²) in [5, 5.41) is 0. The summed E-state index contributed by atoms with van der Waals surface area (Å²) >= 11 is 0. The first-order valence-electron chi connectivity index (χ1n) is 8.40. The normalized spacial score (nSPS) is 15.6. The van der Waals surface area contributed by atoms with Crippen LogP contribution in [0.5, 0.6) is 5.75 Å². The molecule has 3 heteroatoms. The van der Waals surface area contributed by atoms with Crippen LogP contribution in [-0.2, 0) is 4.79 Å². The molecule has 2 aromatic carbocycles. The Bertz CT molecular complexity index is 719. The highest BCUT2D eigenvalue weighted by Gasteiger charge is 2.24. The third-order valence-electron chi connectivity index (χ3n) is 4.35. The number of hydrogen-bond acceptors (Lipinski definition) is 2. The van der Waals surface area contributed by atoms with Gasteiger partial charge in [-0.05, 0) is 43.5 Å². The highest BCUT2D eigenvalue weighted by molar-refractivity contribution is 5.82. The van der Waals surface area contributed by atoms with E-state index in [1.165, 1.54) is 16.7 Å². The fraction of sp³-hybridized carbons (Fsp3) is 0.286. The van der Waals surface area contributed by atoms with Crippen LogP contribution in [0.25, 0.3) is 5.57 Å². The molecule has 0 bridgehead atoms. The Morgan fingerprint density at radius 1 is 1.08 bits per heavy atom. The molecule has 24 heavy (non-hydrogen) atoms. The van der Waals surface area contributed by atoms with E-state index < -0.39 is 6.10 Å². The fourth-order valence-corrected chi connectivity index (χ4v) is 2.91. The number of amides is 1. The van der Waals surface area contributed by atoms with Crippen LogP contribution in [0.15, 0.2) is 60.7 Å². The molecule has 0 saturated carbocycles. The van der Waals surface area contributed by atoms with E-state index in [0.29, 0.717) is 6.54 Å². The summed E-state index contributed by atoms with van der Waals surface area (Å²) < 4.78 is 5.78. The zero-order valence-electron chi connectivity index (χ0n) is 14.2. The van der Waals surface area contributed by atoms with Crippen molar-refractivity contribution >= 4 is 11.5 Å². The molecule has 1 unspecified atom stereocenters. The van der Waals surface area contributed by atoms with Crippen LogP contribution >= 0.6 is 0 Å².